The van der Waals surface area contributed by atoms with Crippen LogP contribution in [0.25, 0.3) is 0 Å². The molecule has 3 fully saturated rings. The maximum absolute atomic E-state index is 13.2. The van der Waals surface area contributed by atoms with Crippen molar-refractivity contribution in [3.63, 3.8) is 0 Å². The lowest BCUT2D eigenvalue weighted by Gasteiger charge is -2.50. The van der Waals surface area contributed by atoms with E-state index >= 15 is 0 Å². The minimum absolute atomic E-state index is 0.0274. The number of carbonyl (C=O) groups is 1. The molecule has 0 radical (unpaired) electrons. The lowest BCUT2D eigenvalue weighted by atomic mass is 9.67. The smallest absolute Gasteiger partial charge is 0.230 e. The van der Waals surface area contributed by atoms with Gasteiger partial charge in [0.2, 0.25) is 5.91 Å². The number of piperidine rings is 2. The van der Waals surface area contributed by atoms with Crippen LogP contribution in [0.1, 0.15) is 49.4 Å². The molecular formula is C23H28N4O. The standard InChI is InChI=1S/C23H28N4O/c28-22-20(18-5-2-1-3-6-18)15-23(17-27(22)19-7-8-19)9-13-26(14-10-23)16-21-24-11-4-12-25-21/h1-6,11-12,19-20H,7-10,13-17H2. The van der Waals surface area contributed by atoms with Crippen molar-refractivity contribution in [2.75, 3.05) is 19.6 Å². The Morgan fingerprint density at radius 1 is 1.00 bits per heavy atom. The van der Waals surface area contributed by atoms with E-state index in [0.29, 0.717) is 11.9 Å². The van der Waals surface area contributed by atoms with Gasteiger partial charge in [0.05, 0.1) is 12.5 Å². The highest BCUT2D eigenvalue weighted by atomic mass is 16.2. The van der Waals surface area contributed by atoms with Crippen molar-refractivity contribution in [2.24, 2.45) is 5.41 Å². The number of nitrogens with zero attached hydrogens (tertiary/aromatic N) is 4. The third-order valence-corrected chi connectivity index (χ3v) is 6.81. The summed E-state index contributed by atoms with van der Waals surface area (Å²) in [6, 6.07) is 12.8. The molecule has 5 nitrogen and oxygen atoms in total. The molecule has 28 heavy (non-hydrogen) atoms. The maximum atomic E-state index is 13.2. The monoisotopic (exact) mass is 376 g/mol. The van der Waals surface area contributed by atoms with Gasteiger partial charge in [-0.1, -0.05) is 30.3 Å². The fraction of sp³-hybridized carbons (Fsp3) is 0.522. The van der Waals surface area contributed by atoms with Crippen LogP contribution in [0, 0.1) is 5.41 Å². The zero-order valence-electron chi connectivity index (χ0n) is 16.3. The van der Waals surface area contributed by atoms with Gasteiger partial charge in [0.1, 0.15) is 5.82 Å². The van der Waals surface area contributed by atoms with Gasteiger partial charge in [-0.2, -0.15) is 0 Å². The third-order valence-electron chi connectivity index (χ3n) is 6.81. The molecule has 146 valence electrons. The van der Waals surface area contributed by atoms with Gasteiger partial charge in [0.15, 0.2) is 0 Å². The number of benzene rings is 1. The van der Waals surface area contributed by atoms with E-state index in [1.807, 2.05) is 24.5 Å². The van der Waals surface area contributed by atoms with Crippen molar-refractivity contribution in [3.8, 4) is 0 Å². The highest BCUT2D eigenvalue weighted by Gasteiger charge is 2.49. The minimum atomic E-state index is 0.0274. The van der Waals surface area contributed by atoms with Gasteiger partial charge in [-0.05, 0) is 62.2 Å². The summed E-state index contributed by atoms with van der Waals surface area (Å²) in [5.41, 5.74) is 1.45. The van der Waals surface area contributed by atoms with E-state index in [0.717, 1.165) is 51.3 Å². The lowest BCUT2D eigenvalue weighted by Crippen LogP contribution is -2.54. The lowest BCUT2D eigenvalue weighted by molar-refractivity contribution is -0.142. The van der Waals surface area contributed by atoms with Crippen LogP contribution < -0.4 is 0 Å². The molecule has 0 N–H and O–H groups in total. The second-order valence-corrected chi connectivity index (χ2v) is 8.81. The number of aromatic nitrogens is 2. The average molecular weight is 377 g/mol. The molecule has 0 bridgehead atoms. The Morgan fingerprint density at radius 2 is 1.71 bits per heavy atom. The minimum Gasteiger partial charge on any atom is -0.339 e. The first-order valence-electron chi connectivity index (χ1n) is 10.6. The van der Waals surface area contributed by atoms with Gasteiger partial charge in [-0.15, -0.1) is 0 Å². The largest absolute Gasteiger partial charge is 0.339 e. The van der Waals surface area contributed by atoms with Crippen molar-refractivity contribution < 1.29 is 4.79 Å². The second-order valence-electron chi connectivity index (χ2n) is 8.81. The third kappa shape index (κ3) is 3.55. The fourth-order valence-corrected chi connectivity index (χ4v) is 5.02. The molecule has 2 saturated heterocycles. The predicted molar refractivity (Wildman–Crippen MR) is 108 cm³/mol. The Bertz CT molecular complexity index is 813. The topological polar surface area (TPSA) is 49.3 Å². The average Bonchev–Trinajstić information content (AvgIpc) is 3.58. The highest BCUT2D eigenvalue weighted by Crippen LogP contribution is 2.48. The van der Waals surface area contributed by atoms with E-state index in [1.165, 1.54) is 18.4 Å². The van der Waals surface area contributed by atoms with Crippen molar-refractivity contribution in [1.29, 1.82) is 0 Å². The molecule has 5 rings (SSSR count). The number of likely N-dealkylation sites (tertiary alicyclic amines) is 2. The summed E-state index contributed by atoms with van der Waals surface area (Å²) in [5, 5.41) is 0. The molecule has 3 heterocycles. The summed E-state index contributed by atoms with van der Waals surface area (Å²) >= 11 is 0. The van der Waals surface area contributed by atoms with Gasteiger partial charge in [-0.25, -0.2) is 9.97 Å². The summed E-state index contributed by atoms with van der Waals surface area (Å²) in [5.74, 6) is 1.29. The molecule has 1 saturated carbocycles. The van der Waals surface area contributed by atoms with Crippen molar-refractivity contribution in [3.05, 3.63) is 60.2 Å². The predicted octanol–water partition coefficient (Wildman–Crippen LogP) is 3.24. The van der Waals surface area contributed by atoms with E-state index in [1.54, 1.807) is 0 Å². The van der Waals surface area contributed by atoms with Crippen LogP contribution in [0.15, 0.2) is 48.8 Å². The first-order chi connectivity index (χ1) is 13.7. The van der Waals surface area contributed by atoms with Crippen molar-refractivity contribution in [1.82, 2.24) is 19.8 Å². The summed E-state index contributed by atoms with van der Waals surface area (Å²) in [6.07, 6.45) is 9.30. The van der Waals surface area contributed by atoms with E-state index in [9.17, 15) is 4.79 Å². The highest BCUT2D eigenvalue weighted by molar-refractivity contribution is 5.85. The van der Waals surface area contributed by atoms with Crippen LogP contribution in [0.5, 0.6) is 0 Å². The van der Waals surface area contributed by atoms with Crippen LogP contribution in [0.3, 0.4) is 0 Å². The number of carbonyl (C=O) groups excluding carboxylic acids is 1. The van der Waals surface area contributed by atoms with Gasteiger partial charge in [0, 0.05) is 25.0 Å². The van der Waals surface area contributed by atoms with Gasteiger partial charge in [-0.3, -0.25) is 9.69 Å². The Morgan fingerprint density at radius 3 is 2.39 bits per heavy atom. The number of hydrogen-bond donors (Lipinski definition) is 0. The molecule has 1 aromatic heterocycles. The molecule has 2 aliphatic heterocycles. The molecular weight excluding hydrogens is 348 g/mol. The van der Waals surface area contributed by atoms with Crippen LogP contribution >= 0.6 is 0 Å². The van der Waals surface area contributed by atoms with Crippen LogP contribution in [-0.2, 0) is 11.3 Å². The quantitative estimate of drug-likeness (QED) is 0.822. The Hall–Kier alpha value is -2.27. The van der Waals surface area contributed by atoms with E-state index in [2.05, 4.69) is 44.0 Å². The summed E-state index contributed by atoms with van der Waals surface area (Å²) < 4.78 is 0. The first-order valence-corrected chi connectivity index (χ1v) is 10.6. The molecule has 1 atom stereocenters. The number of rotatable bonds is 4. The molecule has 1 unspecified atom stereocenters. The molecule has 1 aliphatic carbocycles. The van der Waals surface area contributed by atoms with E-state index in [-0.39, 0.29) is 11.3 Å². The van der Waals surface area contributed by atoms with E-state index < -0.39 is 0 Å². The van der Waals surface area contributed by atoms with Crippen molar-refractivity contribution >= 4 is 5.91 Å². The summed E-state index contributed by atoms with van der Waals surface area (Å²) in [7, 11) is 0. The van der Waals surface area contributed by atoms with Crippen LogP contribution in [-0.4, -0.2) is 51.4 Å². The fourth-order valence-electron chi connectivity index (χ4n) is 5.02. The summed E-state index contributed by atoms with van der Waals surface area (Å²) in [4.78, 5) is 26.7. The molecule has 1 spiro atoms. The van der Waals surface area contributed by atoms with Gasteiger partial charge >= 0.3 is 0 Å². The molecule has 1 aromatic carbocycles. The zero-order chi connectivity index (χ0) is 19.0. The number of amides is 1. The Balaban J connectivity index is 1.32. The maximum Gasteiger partial charge on any atom is 0.230 e. The Kier molecular flexibility index (Phi) is 4.63. The molecule has 5 heteroatoms. The van der Waals surface area contributed by atoms with E-state index in [4.69, 9.17) is 0 Å². The summed E-state index contributed by atoms with van der Waals surface area (Å²) in [6.45, 7) is 3.90. The second kappa shape index (κ2) is 7.28. The normalized spacial score (nSPS) is 25.2. The van der Waals surface area contributed by atoms with Crippen LogP contribution in [0.4, 0.5) is 0 Å². The number of hydrogen-bond acceptors (Lipinski definition) is 4. The zero-order valence-corrected chi connectivity index (χ0v) is 16.3. The molecule has 3 aliphatic rings. The van der Waals surface area contributed by atoms with Gasteiger partial charge < -0.3 is 4.90 Å². The molecule has 1 amide bonds. The van der Waals surface area contributed by atoms with Crippen molar-refractivity contribution in [2.45, 2.75) is 50.6 Å². The SMILES string of the molecule is O=C1C(c2ccccc2)CC2(CCN(Cc3ncccn3)CC2)CN1C1CC1. The molecule has 2 aromatic rings. The van der Waals surface area contributed by atoms with Gasteiger partial charge in [0.25, 0.3) is 0 Å². The first kappa shape index (κ1) is 17.8. The Labute approximate surface area is 166 Å². The van der Waals surface area contributed by atoms with Crippen LogP contribution in [0.2, 0.25) is 0 Å².